The van der Waals surface area contributed by atoms with Crippen LogP contribution in [0.15, 0.2) is 34.3 Å². The number of nitro groups is 1. The normalized spacial score (nSPS) is 10.3. The molecular formula is C12H13N5O2S. The van der Waals surface area contributed by atoms with Crippen LogP contribution in [0.25, 0.3) is 0 Å². The molecule has 0 aromatic carbocycles. The van der Waals surface area contributed by atoms with Crippen molar-refractivity contribution in [1.29, 1.82) is 0 Å². The van der Waals surface area contributed by atoms with E-state index < -0.39 is 4.92 Å². The number of nitrogens with one attached hydrogen (secondary N) is 1. The molecule has 0 saturated carbocycles. The Kier molecular flexibility index (Phi) is 4.16. The number of hydrogen-bond acceptors (Lipinski definition) is 7. The van der Waals surface area contributed by atoms with E-state index in [9.17, 15) is 10.1 Å². The maximum atomic E-state index is 10.9. The minimum atomic E-state index is -0.485. The molecule has 0 bridgehead atoms. The first-order valence-corrected chi connectivity index (χ1v) is 6.56. The SMILES string of the molecule is Cc1cc(C)nc(Sc2cc([N+](=O)[O-])cc(NN)n2)c1. The molecule has 0 amide bonds. The highest BCUT2D eigenvalue weighted by molar-refractivity contribution is 7.99. The molecule has 0 aliphatic rings. The molecule has 0 fully saturated rings. The van der Waals surface area contributed by atoms with E-state index in [1.54, 1.807) is 0 Å². The van der Waals surface area contributed by atoms with Crippen molar-refractivity contribution in [3.8, 4) is 0 Å². The lowest BCUT2D eigenvalue weighted by Crippen LogP contribution is -2.09. The number of nitrogen functional groups attached to an aromatic ring is 1. The fourth-order valence-corrected chi connectivity index (χ4v) is 2.66. The van der Waals surface area contributed by atoms with E-state index in [0.717, 1.165) is 16.3 Å². The lowest BCUT2D eigenvalue weighted by atomic mass is 10.3. The predicted molar refractivity (Wildman–Crippen MR) is 76.5 cm³/mol. The molecule has 0 aliphatic heterocycles. The van der Waals surface area contributed by atoms with Crippen molar-refractivity contribution in [2.24, 2.45) is 5.84 Å². The van der Waals surface area contributed by atoms with Crippen molar-refractivity contribution in [3.05, 3.63) is 45.6 Å². The average molecular weight is 291 g/mol. The topological polar surface area (TPSA) is 107 Å². The quantitative estimate of drug-likeness (QED) is 0.506. The van der Waals surface area contributed by atoms with Crippen LogP contribution in [0.5, 0.6) is 0 Å². The Morgan fingerprint density at radius 3 is 2.50 bits per heavy atom. The highest BCUT2D eigenvalue weighted by atomic mass is 32.2. The summed E-state index contributed by atoms with van der Waals surface area (Å²) in [6.45, 7) is 3.86. The zero-order valence-electron chi connectivity index (χ0n) is 11.0. The number of nitrogens with zero attached hydrogens (tertiary/aromatic N) is 3. The minimum absolute atomic E-state index is 0.0696. The van der Waals surface area contributed by atoms with Gasteiger partial charge >= 0.3 is 0 Å². The van der Waals surface area contributed by atoms with E-state index in [-0.39, 0.29) is 11.5 Å². The first-order valence-electron chi connectivity index (χ1n) is 5.74. The maximum Gasteiger partial charge on any atom is 0.275 e. The van der Waals surface area contributed by atoms with E-state index in [2.05, 4.69) is 15.4 Å². The van der Waals surface area contributed by atoms with Gasteiger partial charge in [0.25, 0.3) is 5.69 Å². The molecule has 0 unspecified atom stereocenters. The largest absolute Gasteiger partial charge is 0.308 e. The van der Waals surface area contributed by atoms with Crippen LogP contribution >= 0.6 is 11.8 Å². The smallest absolute Gasteiger partial charge is 0.275 e. The van der Waals surface area contributed by atoms with Gasteiger partial charge < -0.3 is 5.43 Å². The Labute approximate surface area is 119 Å². The lowest BCUT2D eigenvalue weighted by Gasteiger charge is -2.05. The molecule has 0 saturated heterocycles. The van der Waals surface area contributed by atoms with Crippen LogP contribution in [0.1, 0.15) is 11.3 Å². The van der Waals surface area contributed by atoms with Crippen molar-refractivity contribution in [2.75, 3.05) is 5.43 Å². The highest BCUT2D eigenvalue weighted by Crippen LogP contribution is 2.29. The zero-order valence-corrected chi connectivity index (χ0v) is 11.8. The highest BCUT2D eigenvalue weighted by Gasteiger charge is 2.12. The first-order chi connectivity index (χ1) is 9.47. The van der Waals surface area contributed by atoms with Crippen molar-refractivity contribution in [3.63, 3.8) is 0 Å². The van der Waals surface area contributed by atoms with Crippen LogP contribution in [0.2, 0.25) is 0 Å². The van der Waals surface area contributed by atoms with Gasteiger partial charge in [-0.3, -0.25) is 10.1 Å². The fourth-order valence-electron chi connectivity index (χ4n) is 1.69. The van der Waals surface area contributed by atoms with Gasteiger partial charge in [0, 0.05) is 11.8 Å². The molecule has 7 nitrogen and oxygen atoms in total. The zero-order chi connectivity index (χ0) is 14.7. The molecule has 2 rings (SSSR count). The van der Waals surface area contributed by atoms with E-state index in [1.807, 2.05) is 26.0 Å². The monoisotopic (exact) mass is 291 g/mol. The number of hydrazine groups is 1. The second-order valence-electron chi connectivity index (χ2n) is 4.18. The van der Waals surface area contributed by atoms with Gasteiger partial charge in [-0.2, -0.15) is 0 Å². The van der Waals surface area contributed by atoms with Crippen LogP contribution in [-0.2, 0) is 0 Å². The molecule has 2 aromatic rings. The Morgan fingerprint density at radius 1 is 1.20 bits per heavy atom. The van der Waals surface area contributed by atoms with Crippen molar-refractivity contribution in [1.82, 2.24) is 9.97 Å². The van der Waals surface area contributed by atoms with Gasteiger partial charge in [0.2, 0.25) is 0 Å². The van der Waals surface area contributed by atoms with Crippen molar-refractivity contribution in [2.45, 2.75) is 23.9 Å². The third-order valence-corrected chi connectivity index (χ3v) is 3.27. The number of hydrogen-bond donors (Lipinski definition) is 2. The van der Waals surface area contributed by atoms with E-state index in [4.69, 9.17) is 5.84 Å². The summed E-state index contributed by atoms with van der Waals surface area (Å²) >= 11 is 1.25. The summed E-state index contributed by atoms with van der Waals surface area (Å²) < 4.78 is 0. The van der Waals surface area contributed by atoms with Crippen LogP contribution in [0.4, 0.5) is 11.5 Å². The molecule has 104 valence electrons. The van der Waals surface area contributed by atoms with Gasteiger partial charge in [-0.05, 0) is 43.3 Å². The summed E-state index contributed by atoms with van der Waals surface area (Å²) in [5, 5.41) is 12.1. The van der Waals surface area contributed by atoms with Crippen molar-refractivity contribution < 1.29 is 4.92 Å². The molecule has 0 atom stereocenters. The summed E-state index contributed by atoms with van der Waals surface area (Å²) in [6.07, 6.45) is 0. The third-order valence-electron chi connectivity index (χ3n) is 2.43. The predicted octanol–water partition coefficient (Wildman–Crippen LogP) is 2.44. The van der Waals surface area contributed by atoms with Gasteiger partial charge in [-0.25, -0.2) is 15.8 Å². The minimum Gasteiger partial charge on any atom is -0.308 e. The molecule has 0 radical (unpaired) electrons. The average Bonchev–Trinajstić information content (AvgIpc) is 2.36. The molecule has 3 N–H and O–H groups in total. The molecule has 20 heavy (non-hydrogen) atoms. The molecule has 2 heterocycles. The van der Waals surface area contributed by atoms with Crippen LogP contribution in [0.3, 0.4) is 0 Å². The van der Waals surface area contributed by atoms with Gasteiger partial charge in [0.05, 0.1) is 11.0 Å². The lowest BCUT2D eigenvalue weighted by molar-refractivity contribution is -0.385. The number of rotatable bonds is 4. The number of nitrogens with two attached hydrogens (primary N) is 1. The number of aromatic nitrogens is 2. The summed E-state index contributed by atoms with van der Waals surface area (Å²) in [4.78, 5) is 18.9. The third kappa shape index (κ3) is 3.43. The molecular weight excluding hydrogens is 278 g/mol. The van der Waals surface area contributed by atoms with E-state index in [0.29, 0.717) is 5.03 Å². The van der Waals surface area contributed by atoms with E-state index >= 15 is 0 Å². The van der Waals surface area contributed by atoms with Gasteiger partial charge in [-0.1, -0.05) is 0 Å². The summed E-state index contributed by atoms with van der Waals surface area (Å²) in [5.41, 5.74) is 4.21. The second-order valence-corrected chi connectivity index (χ2v) is 5.22. The van der Waals surface area contributed by atoms with E-state index in [1.165, 1.54) is 23.9 Å². The van der Waals surface area contributed by atoms with Crippen LogP contribution in [-0.4, -0.2) is 14.9 Å². The van der Waals surface area contributed by atoms with Gasteiger partial charge in [-0.15, -0.1) is 0 Å². The number of pyridine rings is 2. The van der Waals surface area contributed by atoms with Crippen molar-refractivity contribution >= 4 is 23.3 Å². The second kappa shape index (κ2) is 5.85. The first kappa shape index (κ1) is 14.2. The fraction of sp³-hybridized carbons (Fsp3) is 0.167. The number of aryl methyl sites for hydroxylation is 2. The molecule has 2 aromatic heterocycles. The Hall–Kier alpha value is -2.19. The maximum absolute atomic E-state index is 10.9. The molecule has 0 aliphatic carbocycles. The van der Waals surface area contributed by atoms with Crippen LogP contribution < -0.4 is 11.3 Å². The standard InChI is InChI=1S/C12H13N5O2S/c1-7-3-8(2)14-11(4-7)20-12-6-9(17(18)19)5-10(15-12)16-13/h3-6H,13H2,1-2H3,(H,15,16). The summed E-state index contributed by atoms with van der Waals surface area (Å²) in [6, 6.07) is 6.52. The summed E-state index contributed by atoms with van der Waals surface area (Å²) in [7, 11) is 0. The van der Waals surface area contributed by atoms with Crippen LogP contribution in [0, 0.1) is 24.0 Å². The molecule has 0 spiro atoms. The van der Waals surface area contributed by atoms with Gasteiger partial charge in [0.1, 0.15) is 15.9 Å². The Balaban J connectivity index is 2.37. The number of anilines is 1. The molecule has 8 heteroatoms. The summed E-state index contributed by atoms with van der Waals surface area (Å²) in [5.74, 6) is 5.51. The Morgan fingerprint density at radius 2 is 1.90 bits per heavy atom. The Bertz CT molecular complexity index is 642. The van der Waals surface area contributed by atoms with Gasteiger partial charge in [0.15, 0.2) is 0 Å².